The van der Waals surface area contributed by atoms with Gasteiger partial charge in [0.1, 0.15) is 0 Å². The topological polar surface area (TPSA) is 69.8 Å². The minimum absolute atomic E-state index is 0.00284. The van der Waals surface area contributed by atoms with Crippen molar-refractivity contribution in [1.29, 1.82) is 0 Å². The van der Waals surface area contributed by atoms with Gasteiger partial charge in [-0.25, -0.2) is 0 Å². The predicted molar refractivity (Wildman–Crippen MR) is 150 cm³/mol. The van der Waals surface area contributed by atoms with Crippen LogP contribution in [-0.4, -0.2) is 16.1 Å². The Morgan fingerprint density at radius 2 is 1.67 bits per heavy atom. The van der Waals surface area contributed by atoms with Gasteiger partial charge in [0.2, 0.25) is 5.91 Å². The molecule has 0 aliphatic heterocycles. The number of amides is 1. The highest BCUT2D eigenvalue weighted by molar-refractivity contribution is 5.96. The summed E-state index contributed by atoms with van der Waals surface area (Å²) in [4.78, 5) is 13.0. The number of carbonyl (C=O) groups excluding carboxylic acids is 1. The van der Waals surface area contributed by atoms with E-state index in [0.29, 0.717) is 0 Å². The van der Waals surface area contributed by atoms with E-state index >= 15 is 0 Å². The minimum Gasteiger partial charge on any atom is -0.355 e. The SMILES string of the molecule is CC(C)=CC1C(C(=O)Nc2cccc(Nc3ccc4c(/C=C/c5ccccc5)n[nH]c4c3)c2)C1(C)C. The van der Waals surface area contributed by atoms with Gasteiger partial charge in [0.05, 0.1) is 17.1 Å². The number of nitrogens with one attached hydrogen (secondary N) is 3. The zero-order valence-electron chi connectivity index (χ0n) is 21.2. The second kappa shape index (κ2) is 9.50. The molecule has 1 saturated carbocycles. The van der Waals surface area contributed by atoms with Crippen molar-refractivity contribution in [3.8, 4) is 0 Å². The number of rotatable bonds is 7. The predicted octanol–water partition coefficient (Wildman–Crippen LogP) is 7.65. The van der Waals surface area contributed by atoms with Gasteiger partial charge in [-0.15, -0.1) is 0 Å². The van der Waals surface area contributed by atoms with E-state index in [4.69, 9.17) is 0 Å². The summed E-state index contributed by atoms with van der Waals surface area (Å²) in [5, 5.41) is 15.2. The molecule has 5 rings (SSSR count). The molecule has 5 nitrogen and oxygen atoms in total. The number of carbonyl (C=O) groups is 1. The Morgan fingerprint density at radius 1 is 0.917 bits per heavy atom. The number of hydrogen-bond acceptors (Lipinski definition) is 3. The van der Waals surface area contributed by atoms with Crippen LogP contribution in [0.1, 0.15) is 39.0 Å². The van der Waals surface area contributed by atoms with E-state index in [9.17, 15) is 4.79 Å². The zero-order chi connectivity index (χ0) is 25.3. The van der Waals surface area contributed by atoms with Crippen LogP contribution < -0.4 is 10.6 Å². The van der Waals surface area contributed by atoms with Crippen molar-refractivity contribution in [2.45, 2.75) is 27.7 Å². The van der Waals surface area contributed by atoms with Crippen LogP contribution >= 0.6 is 0 Å². The van der Waals surface area contributed by atoms with Gasteiger partial charge in [-0.2, -0.15) is 5.10 Å². The van der Waals surface area contributed by atoms with Gasteiger partial charge >= 0.3 is 0 Å². The number of hydrogen-bond donors (Lipinski definition) is 3. The number of anilines is 3. The average molecular weight is 477 g/mol. The van der Waals surface area contributed by atoms with Crippen LogP contribution in [0.2, 0.25) is 0 Å². The van der Waals surface area contributed by atoms with E-state index in [0.717, 1.165) is 39.2 Å². The van der Waals surface area contributed by atoms with Crippen LogP contribution in [0.3, 0.4) is 0 Å². The lowest BCUT2D eigenvalue weighted by molar-refractivity contribution is -0.118. The number of H-pyrrole nitrogens is 1. The minimum atomic E-state index is -0.00810. The number of aromatic nitrogens is 2. The average Bonchev–Trinajstić information content (AvgIpc) is 3.17. The fraction of sp³-hybridized carbons (Fsp3) is 0.226. The lowest BCUT2D eigenvalue weighted by Gasteiger charge is -2.10. The molecule has 1 aliphatic carbocycles. The first-order valence-corrected chi connectivity index (χ1v) is 12.4. The van der Waals surface area contributed by atoms with E-state index in [2.05, 4.69) is 78.9 Å². The van der Waals surface area contributed by atoms with Gasteiger partial charge in [0, 0.05) is 22.4 Å². The van der Waals surface area contributed by atoms with Gasteiger partial charge in [0.15, 0.2) is 0 Å². The standard InChI is InChI=1S/C31H32N4O/c1-20(2)17-26-29(31(26,3)4)30(36)33-23-12-8-11-22(18-23)32-24-14-15-25-27(34-35-28(25)19-24)16-13-21-9-6-5-7-10-21/h5-19,26,29,32H,1-4H3,(H,33,36)(H,34,35)/b16-13+. The molecule has 1 fully saturated rings. The smallest absolute Gasteiger partial charge is 0.228 e. The first-order valence-electron chi connectivity index (χ1n) is 12.4. The number of nitrogens with zero attached hydrogens (tertiary/aromatic N) is 1. The molecule has 182 valence electrons. The summed E-state index contributed by atoms with van der Waals surface area (Å²) < 4.78 is 0. The van der Waals surface area contributed by atoms with E-state index in [-0.39, 0.29) is 23.2 Å². The van der Waals surface area contributed by atoms with Crippen LogP contribution in [-0.2, 0) is 4.79 Å². The molecular weight excluding hydrogens is 444 g/mol. The first-order chi connectivity index (χ1) is 17.3. The number of benzene rings is 3. The maximum absolute atomic E-state index is 13.0. The lowest BCUT2D eigenvalue weighted by atomic mass is 10.1. The summed E-state index contributed by atoms with van der Waals surface area (Å²) in [6.45, 7) is 8.49. The number of allylic oxidation sites excluding steroid dienone is 2. The van der Waals surface area contributed by atoms with Crippen molar-refractivity contribution in [3.05, 3.63) is 95.7 Å². The maximum atomic E-state index is 13.0. The highest BCUT2D eigenvalue weighted by Crippen LogP contribution is 2.59. The molecule has 1 aliphatic rings. The Bertz CT molecular complexity index is 1460. The van der Waals surface area contributed by atoms with Crippen molar-refractivity contribution in [3.63, 3.8) is 0 Å². The van der Waals surface area contributed by atoms with Gasteiger partial charge < -0.3 is 10.6 Å². The van der Waals surface area contributed by atoms with Crippen molar-refractivity contribution in [1.82, 2.24) is 10.2 Å². The molecule has 36 heavy (non-hydrogen) atoms. The molecule has 4 aromatic rings. The Balaban J connectivity index is 1.27. The third-order valence-electron chi connectivity index (χ3n) is 6.95. The zero-order valence-corrected chi connectivity index (χ0v) is 21.2. The summed E-state index contributed by atoms with van der Waals surface area (Å²) in [5.74, 6) is 0.365. The first kappa shape index (κ1) is 23.6. The monoisotopic (exact) mass is 476 g/mol. The number of fused-ring (bicyclic) bond motifs is 1. The highest BCUT2D eigenvalue weighted by atomic mass is 16.2. The van der Waals surface area contributed by atoms with Crippen LogP contribution in [0.25, 0.3) is 23.1 Å². The summed E-state index contributed by atoms with van der Waals surface area (Å²) in [6.07, 6.45) is 6.31. The van der Waals surface area contributed by atoms with Crippen LogP contribution in [0.4, 0.5) is 17.1 Å². The van der Waals surface area contributed by atoms with Crippen LogP contribution in [0, 0.1) is 17.3 Å². The third kappa shape index (κ3) is 4.96. The highest BCUT2D eigenvalue weighted by Gasteiger charge is 2.60. The summed E-state index contributed by atoms with van der Waals surface area (Å²) in [7, 11) is 0. The Hall–Kier alpha value is -4.12. The van der Waals surface area contributed by atoms with Crippen molar-refractivity contribution in [2.75, 3.05) is 10.6 Å². The van der Waals surface area contributed by atoms with Gasteiger partial charge in [-0.05, 0) is 73.2 Å². The normalized spacial score (nSPS) is 18.2. The molecule has 0 radical (unpaired) electrons. The maximum Gasteiger partial charge on any atom is 0.228 e. The van der Waals surface area contributed by atoms with Crippen molar-refractivity contribution < 1.29 is 4.79 Å². The molecule has 2 unspecified atom stereocenters. The summed E-state index contributed by atoms with van der Waals surface area (Å²) >= 11 is 0. The Labute approximate surface area is 212 Å². The molecule has 1 amide bonds. The fourth-order valence-corrected chi connectivity index (χ4v) is 4.89. The quantitative estimate of drug-likeness (QED) is 0.240. The molecule has 1 aromatic heterocycles. The molecule has 0 spiro atoms. The molecule has 2 atom stereocenters. The second-order valence-electron chi connectivity index (χ2n) is 10.4. The number of aromatic amines is 1. The molecule has 3 N–H and O–H groups in total. The Kier molecular flexibility index (Phi) is 6.23. The van der Waals surface area contributed by atoms with Gasteiger partial charge in [-0.1, -0.05) is 68.0 Å². The molecule has 0 bridgehead atoms. The Morgan fingerprint density at radius 3 is 2.44 bits per heavy atom. The van der Waals surface area contributed by atoms with E-state index in [1.165, 1.54) is 5.57 Å². The summed E-state index contributed by atoms with van der Waals surface area (Å²) in [6, 6.07) is 24.2. The largest absolute Gasteiger partial charge is 0.355 e. The van der Waals surface area contributed by atoms with Gasteiger partial charge in [0.25, 0.3) is 0 Å². The van der Waals surface area contributed by atoms with Crippen molar-refractivity contribution >= 4 is 46.0 Å². The molecule has 3 aromatic carbocycles. The molecule has 0 saturated heterocycles. The van der Waals surface area contributed by atoms with E-state index in [1.807, 2.05) is 60.7 Å². The second-order valence-corrected chi connectivity index (χ2v) is 10.4. The summed E-state index contributed by atoms with van der Waals surface area (Å²) in [5.41, 5.74) is 6.88. The van der Waals surface area contributed by atoms with E-state index in [1.54, 1.807) is 0 Å². The third-order valence-corrected chi connectivity index (χ3v) is 6.95. The van der Waals surface area contributed by atoms with Crippen molar-refractivity contribution in [2.24, 2.45) is 17.3 Å². The fourth-order valence-electron chi connectivity index (χ4n) is 4.89. The van der Waals surface area contributed by atoms with E-state index < -0.39 is 0 Å². The molecular formula is C31H32N4O. The van der Waals surface area contributed by atoms with Crippen LogP contribution in [0.15, 0.2) is 84.4 Å². The van der Waals surface area contributed by atoms with Gasteiger partial charge in [-0.3, -0.25) is 9.89 Å². The molecule has 1 heterocycles. The van der Waals surface area contributed by atoms with Crippen LogP contribution in [0.5, 0.6) is 0 Å². The molecule has 5 heteroatoms. The lowest BCUT2D eigenvalue weighted by Crippen LogP contribution is -2.16.